The van der Waals surface area contributed by atoms with Crippen LogP contribution in [0.3, 0.4) is 0 Å². The Balaban J connectivity index is 1.97. The lowest BCUT2D eigenvalue weighted by atomic mass is 10.1. The average molecular weight is 375 g/mol. The highest BCUT2D eigenvalue weighted by Gasteiger charge is 2.28. The van der Waals surface area contributed by atoms with Gasteiger partial charge in [-0.1, -0.05) is 6.07 Å². The normalized spacial score (nSPS) is 17.8. The fourth-order valence-electron chi connectivity index (χ4n) is 2.36. The smallest absolute Gasteiger partial charge is 0.343 e. The lowest BCUT2D eigenvalue weighted by Gasteiger charge is -2.22. The maximum atomic E-state index is 12.2. The van der Waals surface area contributed by atoms with E-state index in [9.17, 15) is 22.8 Å². The summed E-state index contributed by atoms with van der Waals surface area (Å²) in [5, 5.41) is 7.81. The van der Waals surface area contributed by atoms with Crippen LogP contribution in [0, 0.1) is 6.92 Å². The van der Waals surface area contributed by atoms with E-state index in [-0.39, 0.29) is 17.5 Å². The molecule has 0 aliphatic carbocycles. The van der Waals surface area contributed by atoms with Gasteiger partial charge in [-0.05, 0) is 24.6 Å². The molecule has 1 unspecified atom stereocenters. The van der Waals surface area contributed by atoms with Gasteiger partial charge >= 0.3 is 6.18 Å². The number of amides is 2. The molecule has 0 spiro atoms. The van der Waals surface area contributed by atoms with Crippen molar-refractivity contribution in [3.63, 3.8) is 0 Å². The number of benzene rings is 1. The molecule has 2 amide bonds. The Kier molecular flexibility index (Phi) is 6.71. The summed E-state index contributed by atoms with van der Waals surface area (Å²) < 4.78 is 36.6. The predicted molar refractivity (Wildman–Crippen MR) is 91.9 cm³/mol. The molecule has 1 atom stereocenters. The Morgan fingerprint density at radius 1 is 1.36 bits per heavy atom. The summed E-state index contributed by atoms with van der Waals surface area (Å²) in [6, 6.07) is 4.50. The van der Waals surface area contributed by atoms with Gasteiger partial charge in [0.15, 0.2) is 0 Å². The van der Waals surface area contributed by atoms with Crippen LogP contribution in [0.4, 0.5) is 18.9 Å². The van der Waals surface area contributed by atoms with Gasteiger partial charge in [0.05, 0.1) is 0 Å². The van der Waals surface area contributed by atoms with Crippen LogP contribution in [0.1, 0.15) is 22.3 Å². The summed E-state index contributed by atoms with van der Waals surface area (Å²) in [5.74, 6) is 0.840. The second kappa shape index (κ2) is 8.57. The van der Waals surface area contributed by atoms with Crippen LogP contribution >= 0.6 is 11.8 Å². The van der Waals surface area contributed by atoms with Crippen molar-refractivity contribution in [1.29, 1.82) is 0 Å². The zero-order chi connectivity index (χ0) is 18.4. The Hall–Kier alpha value is -1.74. The molecule has 5 nitrogen and oxygen atoms in total. The Bertz CT molecular complexity index is 632. The van der Waals surface area contributed by atoms with Gasteiger partial charge in [0, 0.05) is 41.8 Å². The third kappa shape index (κ3) is 6.58. The van der Waals surface area contributed by atoms with E-state index in [2.05, 4.69) is 10.6 Å². The fourth-order valence-corrected chi connectivity index (χ4v) is 3.31. The molecular formula is C16H20F3N3O2S. The van der Waals surface area contributed by atoms with E-state index in [0.717, 1.165) is 23.6 Å². The van der Waals surface area contributed by atoms with Crippen LogP contribution in [-0.4, -0.2) is 48.6 Å². The molecule has 0 bridgehead atoms. The van der Waals surface area contributed by atoms with E-state index < -0.39 is 18.6 Å². The zero-order valence-corrected chi connectivity index (χ0v) is 14.5. The van der Waals surface area contributed by atoms with Gasteiger partial charge in [-0.2, -0.15) is 24.9 Å². The van der Waals surface area contributed by atoms with Crippen molar-refractivity contribution in [3.8, 4) is 0 Å². The van der Waals surface area contributed by atoms with E-state index >= 15 is 0 Å². The first-order valence-electron chi connectivity index (χ1n) is 7.81. The molecule has 0 aromatic heterocycles. The second-order valence-corrected chi connectivity index (χ2v) is 6.96. The van der Waals surface area contributed by atoms with Crippen molar-refractivity contribution in [2.24, 2.45) is 0 Å². The van der Waals surface area contributed by atoms with E-state index in [1.807, 2.05) is 5.32 Å². The summed E-state index contributed by atoms with van der Waals surface area (Å²) in [6.45, 7) is 1.21. The van der Waals surface area contributed by atoms with Crippen LogP contribution in [0.15, 0.2) is 18.2 Å². The molecule has 1 fully saturated rings. The quantitative estimate of drug-likeness (QED) is 0.739. The first-order chi connectivity index (χ1) is 11.7. The van der Waals surface area contributed by atoms with Crippen LogP contribution < -0.4 is 16.0 Å². The summed E-state index contributed by atoms with van der Waals surface area (Å²) in [7, 11) is 0. The van der Waals surface area contributed by atoms with E-state index in [0.29, 0.717) is 12.1 Å². The third-order valence-corrected chi connectivity index (χ3v) is 4.78. The predicted octanol–water partition coefficient (Wildman–Crippen LogP) is 2.32. The van der Waals surface area contributed by atoms with Crippen LogP contribution in [0.25, 0.3) is 0 Å². The first-order valence-corrected chi connectivity index (χ1v) is 8.96. The summed E-state index contributed by atoms with van der Waals surface area (Å²) >= 11 is 1.78. The molecule has 3 N–H and O–H groups in total. The number of alkyl halides is 3. The standard InChI is InChI=1S/C16H20F3N3O2S/c1-10-2-3-11(15(24)21-9-16(17,18)19)6-13(10)22-14(23)7-12-8-25-5-4-20-12/h2-3,6,12,20H,4-5,7-9H2,1H3,(H,21,24)(H,22,23). The lowest BCUT2D eigenvalue weighted by molar-refractivity contribution is -0.123. The number of carbonyl (C=O) groups excluding carboxylic acids is 2. The van der Waals surface area contributed by atoms with Gasteiger partial charge in [0.25, 0.3) is 5.91 Å². The molecule has 1 heterocycles. The molecule has 0 radical (unpaired) electrons. The molecule has 25 heavy (non-hydrogen) atoms. The van der Waals surface area contributed by atoms with Crippen LogP contribution in [-0.2, 0) is 4.79 Å². The number of hydrogen-bond acceptors (Lipinski definition) is 4. The Morgan fingerprint density at radius 2 is 2.12 bits per heavy atom. The number of anilines is 1. The van der Waals surface area contributed by atoms with Crippen molar-refractivity contribution in [2.75, 3.05) is 29.9 Å². The minimum Gasteiger partial charge on any atom is -0.343 e. The number of nitrogens with one attached hydrogen (secondary N) is 3. The van der Waals surface area contributed by atoms with Crippen molar-refractivity contribution >= 4 is 29.3 Å². The topological polar surface area (TPSA) is 70.2 Å². The molecular weight excluding hydrogens is 355 g/mol. The van der Waals surface area contributed by atoms with E-state index in [4.69, 9.17) is 0 Å². The number of aryl methyl sites for hydroxylation is 1. The summed E-state index contributed by atoms with van der Waals surface area (Å²) in [6.07, 6.45) is -4.17. The van der Waals surface area contributed by atoms with Crippen LogP contribution in [0.2, 0.25) is 0 Å². The molecule has 1 aromatic carbocycles. The van der Waals surface area contributed by atoms with Gasteiger partial charge in [-0.15, -0.1) is 0 Å². The van der Waals surface area contributed by atoms with Crippen molar-refractivity contribution in [3.05, 3.63) is 29.3 Å². The highest BCUT2D eigenvalue weighted by atomic mass is 32.2. The average Bonchev–Trinajstić information content (AvgIpc) is 2.55. The van der Waals surface area contributed by atoms with E-state index in [1.165, 1.54) is 12.1 Å². The maximum absolute atomic E-state index is 12.2. The minimum absolute atomic E-state index is 0.0662. The third-order valence-electron chi connectivity index (χ3n) is 3.65. The molecule has 1 aliphatic heterocycles. The molecule has 0 saturated carbocycles. The first kappa shape index (κ1) is 19.6. The highest BCUT2D eigenvalue weighted by molar-refractivity contribution is 7.99. The number of rotatable bonds is 5. The lowest BCUT2D eigenvalue weighted by Crippen LogP contribution is -2.40. The summed E-state index contributed by atoms with van der Waals surface area (Å²) in [5.41, 5.74) is 1.22. The summed E-state index contributed by atoms with van der Waals surface area (Å²) in [4.78, 5) is 24.0. The Labute approximate surface area is 148 Å². The molecule has 1 saturated heterocycles. The second-order valence-electron chi connectivity index (χ2n) is 5.81. The van der Waals surface area contributed by atoms with Gasteiger partial charge in [0.1, 0.15) is 6.54 Å². The minimum atomic E-state index is -4.47. The fraction of sp³-hybridized carbons (Fsp3) is 0.500. The van der Waals surface area contributed by atoms with Crippen molar-refractivity contribution in [1.82, 2.24) is 10.6 Å². The number of hydrogen-bond donors (Lipinski definition) is 3. The van der Waals surface area contributed by atoms with Gasteiger partial charge in [-0.3, -0.25) is 9.59 Å². The van der Waals surface area contributed by atoms with Gasteiger partial charge in [-0.25, -0.2) is 0 Å². The zero-order valence-electron chi connectivity index (χ0n) is 13.7. The monoisotopic (exact) mass is 375 g/mol. The number of carbonyl (C=O) groups is 2. The number of halogens is 3. The molecule has 1 aromatic rings. The molecule has 1 aliphatic rings. The highest BCUT2D eigenvalue weighted by Crippen LogP contribution is 2.19. The van der Waals surface area contributed by atoms with Crippen molar-refractivity contribution < 1.29 is 22.8 Å². The SMILES string of the molecule is Cc1ccc(C(=O)NCC(F)(F)F)cc1NC(=O)CC1CSCCN1. The molecule has 9 heteroatoms. The Morgan fingerprint density at radius 3 is 2.76 bits per heavy atom. The van der Waals surface area contributed by atoms with E-state index in [1.54, 1.807) is 24.8 Å². The van der Waals surface area contributed by atoms with Gasteiger partial charge in [0.2, 0.25) is 5.91 Å². The van der Waals surface area contributed by atoms with Crippen molar-refractivity contribution in [2.45, 2.75) is 25.6 Å². The number of thioether (sulfide) groups is 1. The van der Waals surface area contributed by atoms with Gasteiger partial charge < -0.3 is 16.0 Å². The molecule has 138 valence electrons. The molecule has 2 rings (SSSR count). The maximum Gasteiger partial charge on any atom is 0.405 e. The largest absolute Gasteiger partial charge is 0.405 e. The van der Waals surface area contributed by atoms with Crippen LogP contribution in [0.5, 0.6) is 0 Å².